The Bertz CT molecular complexity index is 843. The zero-order valence-electron chi connectivity index (χ0n) is 17.8. The van der Waals surface area contributed by atoms with Crippen molar-refractivity contribution in [1.82, 2.24) is 15.1 Å². The number of rotatable bonds is 6. The van der Waals surface area contributed by atoms with Crippen LogP contribution in [0.2, 0.25) is 0 Å². The number of nitrogens with one attached hydrogen (secondary N) is 1. The first-order valence-corrected chi connectivity index (χ1v) is 10.5. The smallest absolute Gasteiger partial charge is 0.409 e. The van der Waals surface area contributed by atoms with Crippen LogP contribution in [0.1, 0.15) is 71.1 Å². The van der Waals surface area contributed by atoms with Gasteiger partial charge >= 0.3 is 6.09 Å². The molecule has 0 saturated carbocycles. The highest BCUT2D eigenvalue weighted by molar-refractivity contribution is 6.22. The third kappa shape index (κ3) is 4.47. The van der Waals surface area contributed by atoms with E-state index in [0.717, 1.165) is 6.42 Å². The Balaban J connectivity index is 1.67. The van der Waals surface area contributed by atoms with Crippen LogP contribution < -0.4 is 5.32 Å². The number of carbonyl (C=O) groups is 4. The fourth-order valence-electron chi connectivity index (χ4n) is 3.83. The van der Waals surface area contributed by atoms with Gasteiger partial charge in [0.15, 0.2) is 0 Å². The first kappa shape index (κ1) is 21.8. The molecule has 8 heteroatoms. The SMILES string of the molecule is CCOC(=O)N1CCC(N2C(=O)c3ccc(C(=O)NCCC(C)C)cc3C2=O)CC1. The summed E-state index contributed by atoms with van der Waals surface area (Å²) in [5, 5.41) is 2.85. The largest absolute Gasteiger partial charge is 0.450 e. The number of ether oxygens (including phenoxy) is 1. The number of fused-ring (bicyclic) bond motifs is 1. The van der Waals surface area contributed by atoms with Gasteiger partial charge < -0.3 is 15.0 Å². The quantitative estimate of drug-likeness (QED) is 0.721. The molecule has 0 aromatic heterocycles. The minimum absolute atomic E-state index is 0.250. The van der Waals surface area contributed by atoms with Crippen LogP contribution in [-0.2, 0) is 4.74 Å². The van der Waals surface area contributed by atoms with Gasteiger partial charge in [0.1, 0.15) is 0 Å². The summed E-state index contributed by atoms with van der Waals surface area (Å²) >= 11 is 0. The standard InChI is InChI=1S/C22H29N3O5/c1-4-30-22(29)24-11-8-16(9-12-24)25-20(27)17-6-5-15(13-18(17)21(25)28)19(26)23-10-7-14(2)3/h5-6,13-14,16H,4,7-12H2,1-3H3,(H,23,26). The molecule has 162 valence electrons. The number of carbonyl (C=O) groups excluding carboxylic acids is 4. The van der Waals surface area contributed by atoms with Crippen molar-refractivity contribution in [2.45, 2.75) is 46.1 Å². The van der Waals surface area contributed by atoms with E-state index in [9.17, 15) is 19.2 Å². The molecule has 0 unspecified atom stereocenters. The van der Waals surface area contributed by atoms with Crippen molar-refractivity contribution in [3.05, 3.63) is 34.9 Å². The lowest BCUT2D eigenvalue weighted by Gasteiger charge is -2.35. The molecule has 0 bridgehead atoms. The zero-order chi connectivity index (χ0) is 21.8. The molecule has 1 N–H and O–H groups in total. The number of amides is 4. The van der Waals surface area contributed by atoms with Gasteiger partial charge in [-0.05, 0) is 50.3 Å². The van der Waals surface area contributed by atoms with Gasteiger partial charge in [0, 0.05) is 31.2 Å². The lowest BCUT2D eigenvalue weighted by atomic mass is 10.0. The molecule has 0 spiro atoms. The molecule has 1 aromatic rings. The molecule has 3 rings (SSSR count). The lowest BCUT2D eigenvalue weighted by Crippen LogP contribution is -2.48. The first-order valence-electron chi connectivity index (χ1n) is 10.5. The van der Waals surface area contributed by atoms with Gasteiger partial charge in [-0.2, -0.15) is 0 Å². The highest BCUT2D eigenvalue weighted by atomic mass is 16.6. The number of likely N-dealkylation sites (tertiary alicyclic amines) is 1. The summed E-state index contributed by atoms with van der Waals surface area (Å²) in [6, 6.07) is 4.38. The van der Waals surface area contributed by atoms with Gasteiger partial charge in [0.05, 0.1) is 17.7 Å². The Hall–Kier alpha value is -2.90. The molecule has 1 aromatic carbocycles. The summed E-state index contributed by atoms with van der Waals surface area (Å²) in [5.41, 5.74) is 0.966. The zero-order valence-corrected chi connectivity index (χ0v) is 17.8. The van der Waals surface area contributed by atoms with Crippen molar-refractivity contribution in [3.63, 3.8) is 0 Å². The van der Waals surface area contributed by atoms with Crippen LogP contribution in [0.5, 0.6) is 0 Å². The van der Waals surface area contributed by atoms with Gasteiger partial charge in [0.2, 0.25) is 0 Å². The van der Waals surface area contributed by atoms with E-state index < -0.39 is 0 Å². The summed E-state index contributed by atoms with van der Waals surface area (Å²) in [7, 11) is 0. The third-order valence-electron chi connectivity index (χ3n) is 5.54. The van der Waals surface area contributed by atoms with Gasteiger partial charge in [-0.3, -0.25) is 19.3 Å². The maximum atomic E-state index is 13.0. The minimum Gasteiger partial charge on any atom is -0.450 e. The van der Waals surface area contributed by atoms with Crippen LogP contribution in [0.3, 0.4) is 0 Å². The Morgan fingerprint density at radius 2 is 1.80 bits per heavy atom. The van der Waals surface area contributed by atoms with Crippen molar-refractivity contribution in [3.8, 4) is 0 Å². The Morgan fingerprint density at radius 3 is 2.43 bits per heavy atom. The van der Waals surface area contributed by atoms with Crippen molar-refractivity contribution < 1.29 is 23.9 Å². The molecular formula is C22H29N3O5. The van der Waals surface area contributed by atoms with E-state index in [1.54, 1.807) is 24.0 Å². The average molecular weight is 415 g/mol. The molecular weight excluding hydrogens is 386 g/mol. The van der Waals surface area contributed by atoms with E-state index in [1.165, 1.54) is 11.0 Å². The number of piperidine rings is 1. The molecule has 2 aliphatic heterocycles. The van der Waals surface area contributed by atoms with E-state index in [1.807, 2.05) is 0 Å². The number of imide groups is 1. The van der Waals surface area contributed by atoms with Crippen molar-refractivity contribution >= 4 is 23.8 Å². The molecule has 30 heavy (non-hydrogen) atoms. The van der Waals surface area contributed by atoms with Crippen LogP contribution in [0.4, 0.5) is 4.79 Å². The third-order valence-corrected chi connectivity index (χ3v) is 5.54. The van der Waals surface area contributed by atoms with Crippen LogP contribution in [0.25, 0.3) is 0 Å². The van der Waals surface area contributed by atoms with Gasteiger partial charge in [-0.15, -0.1) is 0 Å². The maximum absolute atomic E-state index is 13.0. The summed E-state index contributed by atoms with van der Waals surface area (Å²) in [5.74, 6) is -0.481. The lowest BCUT2D eigenvalue weighted by molar-refractivity contribution is 0.0485. The van der Waals surface area contributed by atoms with E-state index in [-0.39, 0.29) is 35.4 Å². The number of nitrogens with zero attached hydrogens (tertiary/aromatic N) is 2. The summed E-state index contributed by atoms with van der Waals surface area (Å²) in [4.78, 5) is 52.9. The van der Waals surface area contributed by atoms with Gasteiger partial charge in [0.25, 0.3) is 17.7 Å². The Morgan fingerprint density at radius 1 is 1.13 bits per heavy atom. The molecule has 2 aliphatic rings. The van der Waals surface area contributed by atoms with E-state index >= 15 is 0 Å². The van der Waals surface area contributed by atoms with Crippen molar-refractivity contribution in [2.24, 2.45) is 5.92 Å². The second-order valence-electron chi connectivity index (χ2n) is 8.10. The second-order valence-corrected chi connectivity index (χ2v) is 8.10. The van der Waals surface area contributed by atoms with Crippen LogP contribution >= 0.6 is 0 Å². The maximum Gasteiger partial charge on any atom is 0.409 e. The summed E-state index contributed by atoms with van der Waals surface area (Å²) in [6.45, 7) is 7.65. The van der Waals surface area contributed by atoms with Gasteiger partial charge in [-0.25, -0.2) is 4.79 Å². The van der Waals surface area contributed by atoms with E-state index in [2.05, 4.69) is 19.2 Å². The van der Waals surface area contributed by atoms with Crippen LogP contribution in [0.15, 0.2) is 18.2 Å². The van der Waals surface area contributed by atoms with Crippen LogP contribution in [0, 0.1) is 5.92 Å². The predicted octanol–water partition coefficient (Wildman–Crippen LogP) is 2.68. The fraction of sp³-hybridized carbons (Fsp3) is 0.545. The number of hydrogen-bond donors (Lipinski definition) is 1. The second kappa shape index (κ2) is 9.28. The van der Waals surface area contributed by atoms with Crippen LogP contribution in [-0.4, -0.2) is 65.9 Å². The summed E-state index contributed by atoms with van der Waals surface area (Å²) < 4.78 is 5.01. The molecule has 1 fully saturated rings. The minimum atomic E-state index is -0.374. The topological polar surface area (TPSA) is 96.0 Å². The molecule has 1 saturated heterocycles. The number of hydrogen-bond acceptors (Lipinski definition) is 5. The van der Waals surface area contributed by atoms with E-state index in [0.29, 0.717) is 56.1 Å². The normalized spacial score (nSPS) is 16.8. The van der Waals surface area contributed by atoms with E-state index in [4.69, 9.17) is 4.74 Å². The molecule has 0 radical (unpaired) electrons. The van der Waals surface area contributed by atoms with Crippen molar-refractivity contribution in [2.75, 3.05) is 26.2 Å². The number of benzene rings is 1. The molecule has 0 atom stereocenters. The molecule has 2 heterocycles. The molecule has 8 nitrogen and oxygen atoms in total. The fourth-order valence-corrected chi connectivity index (χ4v) is 3.83. The monoisotopic (exact) mass is 415 g/mol. The highest BCUT2D eigenvalue weighted by Gasteiger charge is 2.41. The summed E-state index contributed by atoms with van der Waals surface area (Å²) in [6.07, 6.45) is 1.51. The molecule has 0 aliphatic carbocycles. The first-order chi connectivity index (χ1) is 14.3. The Labute approximate surface area is 176 Å². The van der Waals surface area contributed by atoms with Gasteiger partial charge in [-0.1, -0.05) is 13.8 Å². The highest BCUT2D eigenvalue weighted by Crippen LogP contribution is 2.29. The predicted molar refractivity (Wildman–Crippen MR) is 110 cm³/mol. The average Bonchev–Trinajstić information content (AvgIpc) is 2.98. The molecule has 4 amide bonds. The van der Waals surface area contributed by atoms with Crippen molar-refractivity contribution in [1.29, 1.82) is 0 Å². The Kier molecular flexibility index (Phi) is 6.74.